The monoisotopic (exact) mass is 244 g/mol. The van der Waals surface area contributed by atoms with Crippen LogP contribution in [0.25, 0.3) is 0 Å². The molecule has 1 aromatic heterocycles. The number of fused-ring (bicyclic) bond motifs is 1. The van der Waals surface area contributed by atoms with E-state index in [1.807, 2.05) is 19.2 Å². The zero-order valence-corrected chi connectivity index (χ0v) is 10.6. The number of nitrogens with zero attached hydrogens (tertiary/aromatic N) is 2. The first-order valence-electron chi connectivity index (χ1n) is 6.00. The van der Waals surface area contributed by atoms with Crippen molar-refractivity contribution in [2.45, 2.75) is 18.4 Å². The Bertz CT molecular complexity index is 564. The van der Waals surface area contributed by atoms with Crippen LogP contribution in [0.15, 0.2) is 30.5 Å². The van der Waals surface area contributed by atoms with Crippen LogP contribution in [0.4, 0.5) is 0 Å². The van der Waals surface area contributed by atoms with Crippen LogP contribution in [0, 0.1) is 0 Å². The molecule has 0 fully saturated rings. The molecule has 18 heavy (non-hydrogen) atoms. The maximum Gasteiger partial charge on any atom is 0.162 e. The largest absolute Gasteiger partial charge is 0.493 e. The van der Waals surface area contributed by atoms with Gasteiger partial charge in [-0.15, -0.1) is 0 Å². The number of methoxy groups -OCH3 is 1. The fraction of sp³-hybridized carbons (Fsp3) is 0.357. The molecule has 1 heterocycles. The van der Waals surface area contributed by atoms with Crippen LogP contribution in [0.1, 0.15) is 16.8 Å². The summed E-state index contributed by atoms with van der Waals surface area (Å²) in [6.45, 7) is 0. The summed E-state index contributed by atoms with van der Waals surface area (Å²) >= 11 is 0. The number of aryl methyl sites for hydroxylation is 1. The highest BCUT2D eigenvalue weighted by Crippen LogP contribution is 2.40. The third-order valence-corrected chi connectivity index (χ3v) is 3.65. The van der Waals surface area contributed by atoms with Crippen LogP contribution in [-0.4, -0.2) is 22.0 Å². The molecule has 1 N–H and O–H groups in total. The molecule has 1 aliphatic carbocycles. The lowest BCUT2D eigenvalue weighted by Gasteiger charge is -2.23. The molecule has 0 spiro atoms. The van der Waals surface area contributed by atoms with Crippen LogP contribution in [0.2, 0.25) is 0 Å². The van der Waals surface area contributed by atoms with Gasteiger partial charge in [0.25, 0.3) is 0 Å². The summed E-state index contributed by atoms with van der Waals surface area (Å²) in [4.78, 5) is 0. The number of ether oxygens (including phenoxy) is 1. The van der Waals surface area contributed by atoms with E-state index in [0.29, 0.717) is 18.6 Å². The average molecular weight is 244 g/mol. The van der Waals surface area contributed by atoms with Crippen LogP contribution in [-0.2, 0) is 25.5 Å². The van der Waals surface area contributed by atoms with Crippen LogP contribution >= 0.6 is 0 Å². The van der Waals surface area contributed by atoms with Crippen LogP contribution < -0.4 is 4.74 Å². The van der Waals surface area contributed by atoms with E-state index in [2.05, 4.69) is 17.2 Å². The number of rotatable bonds is 2. The molecule has 0 bridgehead atoms. The summed E-state index contributed by atoms with van der Waals surface area (Å²) in [7, 11) is 3.44. The summed E-state index contributed by atoms with van der Waals surface area (Å²) in [6.07, 6.45) is 2.87. The van der Waals surface area contributed by atoms with Gasteiger partial charge in [-0.1, -0.05) is 24.3 Å². The molecule has 0 atom stereocenters. The average Bonchev–Trinajstić information content (AvgIpc) is 2.88. The van der Waals surface area contributed by atoms with Gasteiger partial charge in [0.1, 0.15) is 11.3 Å². The predicted octanol–water partition coefficient (Wildman–Crippen LogP) is 1.42. The van der Waals surface area contributed by atoms with Gasteiger partial charge >= 0.3 is 0 Å². The SMILES string of the molecule is COc1cnn(C)c1C1(O)Cc2ccccc2C1. The van der Waals surface area contributed by atoms with Crippen molar-refractivity contribution < 1.29 is 9.84 Å². The van der Waals surface area contributed by atoms with Gasteiger partial charge in [0, 0.05) is 19.9 Å². The van der Waals surface area contributed by atoms with Crippen LogP contribution in [0.3, 0.4) is 0 Å². The zero-order chi connectivity index (χ0) is 12.8. The molecule has 4 heteroatoms. The minimum atomic E-state index is -0.916. The van der Waals surface area contributed by atoms with Crippen molar-refractivity contribution in [2.24, 2.45) is 7.05 Å². The van der Waals surface area contributed by atoms with Crippen molar-refractivity contribution in [3.8, 4) is 5.75 Å². The lowest BCUT2D eigenvalue weighted by molar-refractivity contribution is 0.0372. The summed E-state index contributed by atoms with van der Waals surface area (Å²) in [5.74, 6) is 0.646. The first kappa shape index (κ1) is 11.3. The molecule has 94 valence electrons. The van der Waals surface area contributed by atoms with Gasteiger partial charge < -0.3 is 9.84 Å². The van der Waals surface area contributed by atoms with Gasteiger partial charge in [0.15, 0.2) is 5.75 Å². The van der Waals surface area contributed by atoms with Gasteiger partial charge in [0.05, 0.1) is 13.3 Å². The Kier molecular flexibility index (Phi) is 2.41. The molecule has 1 aliphatic rings. The molecule has 0 aliphatic heterocycles. The van der Waals surface area contributed by atoms with Gasteiger partial charge in [-0.3, -0.25) is 4.68 Å². The van der Waals surface area contributed by atoms with Crippen LogP contribution in [0.5, 0.6) is 5.75 Å². The lowest BCUT2D eigenvalue weighted by Crippen LogP contribution is -2.29. The highest BCUT2D eigenvalue weighted by molar-refractivity contribution is 5.42. The first-order valence-corrected chi connectivity index (χ1v) is 6.00. The molecular weight excluding hydrogens is 228 g/mol. The van der Waals surface area contributed by atoms with E-state index in [1.165, 1.54) is 11.1 Å². The summed E-state index contributed by atoms with van der Waals surface area (Å²) in [5.41, 5.74) is 2.23. The van der Waals surface area contributed by atoms with E-state index in [1.54, 1.807) is 18.0 Å². The third-order valence-electron chi connectivity index (χ3n) is 3.65. The van der Waals surface area contributed by atoms with Crippen molar-refractivity contribution in [3.05, 3.63) is 47.3 Å². The molecule has 0 saturated carbocycles. The van der Waals surface area contributed by atoms with Gasteiger partial charge in [-0.05, 0) is 11.1 Å². The second kappa shape index (κ2) is 3.85. The lowest BCUT2D eigenvalue weighted by atomic mass is 9.95. The smallest absolute Gasteiger partial charge is 0.162 e. The number of hydrogen-bond donors (Lipinski definition) is 1. The van der Waals surface area contributed by atoms with Crippen molar-refractivity contribution in [2.75, 3.05) is 7.11 Å². The Morgan fingerprint density at radius 2 is 1.89 bits per heavy atom. The molecule has 0 radical (unpaired) electrons. The maximum atomic E-state index is 10.9. The fourth-order valence-electron chi connectivity index (χ4n) is 2.86. The Morgan fingerprint density at radius 1 is 1.28 bits per heavy atom. The molecule has 2 aromatic rings. The highest BCUT2D eigenvalue weighted by Gasteiger charge is 2.41. The number of hydrogen-bond acceptors (Lipinski definition) is 3. The second-order valence-electron chi connectivity index (χ2n) is 4.84. The van der Waals surface area contributed by atoms with E-state index < -0.39 is 5.60 Å². The molecular formula is C14H16N2O2. The maximum absolute atomic E-state index is 10.9. The Morgan fingerprint density at radius 3 is 2.44 bits per heavy atom. The van der Waals surface area contributed by atoms with Crippen molar-refractivity contribution >= 4 is 0 Å². The quantitative estimate of drug-likeness (QED) is 0.869. The van der Waals surface area contributed by atoms with Crippen molar-refractivity contribution in [1.82, 2.24) is 9.78 Å². The number of benzene rings is 1. The summed E-state index contributed by atoms with van der Waals surface area (Å²) in [6, 6.07) is 8.14. The van der Waals surface area contributed by atoms with Crippen molar-refractivity contribution in [1.29, 1.82) is 0 Å². The summed E-state index contributed by atoms with van der Waals surface area (Å²) in [5, 5.41) is 15.1. The fourth-order valence-corrected chi connectivity index (χ4v) is 2.86. The number of aliphatic hydroxyl groups is 1. The normalized spacial score (nSPS) is 16.6. The molecule has 3 rings (SSSR count). The molecule has 4 nitrogen and oxygen atoms in total. The van der Waals surface area contributed by atoms with E-state index in [9.17, 15) is 5.11 Å². The van der Waals surface area contributed by atoms with Crippen molar-refractivity contribution in [3.63, 3.8) is 0 Å². The molecule has 0 amide bonds. The highest BCUT2D eigenvalue weighted by atomic mass is 16.5. The summed E-state index contributed by atoms with van der Waals surface area (Å²) < 4.78 is 7.00. The molecule has 1 aromatic carbocycles. The first-order chi connectivity index (χ1) is 8.64. The standard InChI is InChI=1S/C14H16N2O2/c1-16-13(12(18-2)9-15-16)14(17)7-10-5-3-4-6-11(10)8-14/h3-6,9,17H,7-8H2,1-2H3. The second-order valence-corrected chi connectivity index (χ2v) is 4.84. The van der Waals surface area contributed by atoms with Gasteiger partial charge in [-0.2, -0.15) is 5.10 Å². The zero-order valence-electron chi connectivity index (χ0n) is 10.6. The Balaban J connectivity index is 2.06. The Labute approximate surface area is 106 Å². The Hall–Kier alpha value is -1.81. The van der Waals surface area contributed by atoms with E-state index in [0.717, 1.165) is 5.69 Å². The van der Waals surface area contributed by atoms with E-state index >= 15 is 0 Å². The molecule has 0 saturated heterocycles. The number of aromatic nitrogens is 2. The van der Waals surface area contributed by atoms with Gasteiger partial charge in [-0.25, -0.2) is 0 Å². The minimum absolute atomic E-state index is 0.610. The third kappa shape index (κ3) is 1.53. The van der Waals surface area contributed by atoms with E-state index in [-0.39, 0.29) is 0 Å². The topological polar surface area (TPSA) is 47.3 Å². The van der Waals surface area contributed by atoms with Gasteiger partial charge in [0.2, 0.25) is 0 Å². The minimum Gasteiger partial charge on any atom is -0.493 e. The van der Waals surface area contributed by atoms with E-state index in [4.69, 9.17) is 4.74 Å². The molecule has 0 unspecified atom stereocenters. The predicted molar refractivity (Wildman–Crippen MR) is 67.5 cm³/mol.